The molecule has 0 aromatic rings. The number of hydrogen-bond acceptors (Lipinski definition) is 3. The molecule has 1 unspecified atom stereocenters. The second-order valence-electron chi connectivity index (χ2n) is 7.01. The zero-order chi connectivity index (χ0) is 14.9. The number of aliphatic hydroxyl groups is 1. The number of likely N-dealkylation sites (tertiary alicyclic amines) is 1. The zero-order valence-corrected chi connectivity index (χ0v) is 12.6. The van der Waals surface area contributed by atoms with Gasteiger partial charge in [-0.3, -0.25) is 9.59 Å². The maximum atomic E-state index is 12.5. The van der Waals surface area contributed by atoms with E-state index in [1.807, 2.05) is 0 Å². The Labute approximate surface area is 126 Å². The van der Waals surface area contributed by atoms with Crippen molar-refractivity contribution in [3.63, 3.8) is 0 Å². The average molecular weight is 294 g/mol. The molecule has 2 aliphatic heterocycles. The summed E-state index contributed by atoms with van der Waals surface area (Å²) in [5.74, 6) is 0.711. The van der Waals surface area contributed by atoms with E-state index in [2.05, 4.69) is 10.2 Å². The molecule has 0 aromatic carbocycles. The molecule has 3 aliphatic rings. The summed E-state index contributed by atoms with van der Waals surface area (Å²) in [6, 6.07) is 0.0326. The molecule has 118 valence electrons. The van der Waals surface area contributed by atoms with Gasteiger partial charge in [0.05, 0.1) is 0 Å². The third-order valence-electron chi connectivity index (χ3n) is 5.71. The first kappa shape index (κ1) is 14.8. The van der Waals surface area contributed by atoms with E-state index in [1.165, 1.54) is 0 Å². The Hall–Kier alpha value is -1.10. The van der Waals surface area contributed by atoms with Crippen molar-refractivity contribution in [1.29, 1.82) is 0 Å². The fourth-order valence-electron chi connectivity index (χ4n) is 4.20. The smallest absolute Gasteiger partial charge is 0.225 e. The molecule has 21 heavy (non-hydrogen) atoms. The molecule has 2 N–H and O–H groups in total. The number of hydrogen-bond donors (Lipinski definition) is 2. The monoisotopic (exact) mass is 294 g/mol. The van der Waals surface area contributed by atoms with Gasteiger partial charge in [-0.1, -0.05) is 0 Å². The van der Waals surface area contributed by atoms with Crippen LogP contribution in [0.3, 0.4) is 0 Å². The van der Waals surface area contributed by atoms with E-state index >= 15 is 0 Å². The molecule has 0 aromatic heterocycles. The Balaban J connectivity index is 1.54. The minimum atomic E-state index is 0.0326. The Kier molecular flexibility index (Phi) is 4.20. The van der Waals surface area contributed by atoms with Crippen LogP contribution < -0.4 is 5.32 Å². The summed E-state index contributed by atoms with van der Waals surface area (Å²) < 4.78 is 0. The first-order valence-corrected chi connectivity index (χ1v) is 8.34. The van der Waals surface area contributed by atoms with E-state index in [9.17, 15) is 14.7 Å². The number of carbonyl (C=O) groups excluding carboxylic acids is 2. The van der Waals surface area contributed by atoms with E-state index in [0.29, 0.717) is 18.8 Å². The number of nitrogens with zero attached hydrogens (tertiary/aromatic N) is 1. The van der Waals surface area contributed by atoms with Gasteiger partial charge in [0, 0.05) is 37.6 Å². The molecule has 1 aliphatic carbocycles. The van der Waals surface area contributed by atoms with Crippen molar-refractivity contribution in [2.75, 3.05) is 13.2 Å². The number of amides is 2. The zero-order valence-electron chi connectivity index (χ0n) is 12.6. The molecular weight excluding hydrogens is 268 g/mol. The molecule has 5 nitrogen and oxygen atoms in total. The van der Waals surface area contributed by atoms with Crippen LogP contribution in [0.5, 0.6) is 0 Å². The van der Waals surface area contributed by atoms with Crippen molar-refractivity contribution in [2.24, 2.45) is 5.92 Å². The topological polar surface area (TPSA) is 69.6 Å². The van der Waals surface area contributed by atoms with Crippen molar-refractivity contribution >= 4 is 11.8 Å². The molecule has 5 heteroatoms. The first-order chi connectivity index (χ1) is 10.1. The van der Waals surface area contributed by atoms with Gasteiger partial charge in [0.1, 0.15) is 0 Å². The lowest BCUT2D eigenvalue weighted by molar-refractivity contribution is -0.152. The van der Waals surface area contributed by atoms with Gasteiger partial charge in [-0.05, 0) is 50.9 Å². The average Bonchev–Trinajstić information content (AvgIpc) is 2.46. The number of carbonyl (C=O) groups is 2. The van der Waals surface area contributed by atoms with Gasteiger partial charge >= 0.3 is 0 Å². The van der Waals surface area contributed by atoms with Crippen molar-refractivity contribution < 1.29 is 14.7 Å². The lowest BCUT2D eigenvalue weighted by atomic mass is 9.69. The van der Waals surface area contributed by atoms with Crippen molar-refractivity contribution in [2.45, 2.75) is 69.4 Å². The summed E-state index contributed by atoms with van der Waals surface area (Å²) in [6.07, 6.45) is 8.09. The number of nitrogens with one attached hydrogen (secondary N) is 1. The van der Waals surface area contributed by atoms with Gasteiger partial charge in [-0.2, -0.15) is 0 Å². The van der Waals surface area contributed by atoms with E-state index in [-0.39, 0.29) is 30.0 Å². The Morgan fingerprint density at radius 2 is 2.05 bits per heavy atom. The molecule has 1 atom stereocenters. The summed E-state index contributed by atoms with van der Waals surface area (Å²) in [6.45, 7) is 1.14. The maximum absolute atomic E-state index is 12.5. The second-order valence-corrected chi connectivity index (χ2v) is 7.01. The summed E-state index contributed by atoms with van der Waals surface area (Å²) in [4.78, 5) is 26.0. The van der Waals surface area contributed by atoms with Crippen molar-refractivity contribution in [3.05, 3.63) is 0 Å². The van der Waals surface area contributed by atoms with Gasteiger partial charge in [-0.15, -0.1) is 0 Å². The van der Waals surface area contributed by atoms with Gasteiger partial charge in [0.2, 0.25) is 11.8 Å². The van der Waals surface area contributed by atoms with Crippen molar-refractivity contribution in [1.82, 2.24) is 10.2 Å². The maximum Gasteiger partial charge on any atom is 0.225 e. The predicted molar refractivity (Wildman–Crippen MR) is 78.5 cm³/mol. The normalized spacial score (nSPS) is 36.2. The second kappa shape index (κ2) is 5.95. The highest BCUT2D eigenvalue weighted by molar-refractivity contribution is 5.81. The largest absolute Gasteiger partial charge is 0.396 e. The minimum Gasteiger partial charge on any atom is -0.396 e. The quantitative estimate of drug-likeness (QED) is 0.821. The SMILES string of the molecule is O=C1CCCC(CC(=O)N2CCC23CCC(CO)CC3)N1. The van der Waals surface area contributed by atoms with Crippen LogP contribution in [-0.4, -0.2) is 46.6 Å². The molecule has 3 fully saturated rings. The highest BCUT2D eigenvalue weighted by Crippen LogP contribution is 2.45. The van der Waals surface area contributed by atoms with E-state index in [0.717, 1.165) is 51.5 Å². The molecule has 2 amide bonds. The van der Waals surface area contributed by atoms with E-state index in [1.54, 1.807) is 0 Å². The van der Waals surface area contributed by atoms with Crippen LogP contribution in [0.15, 0.2) is 0 Å². The van der Waals surface area contributed by atoms with Gasteiger partial charge in [0.25, 0.3) is 0 Å². The Morgan fingerprint density at radius 3 is 2.62 bits per heavy atom. The lowest BCUT2D eigenvalue weighted by Gasteiger charge is -2.56. The lowest BCUT2D eigenvalue weighted by Crippen LogP contribution is -2.64. The van der Waals surface area contributed by atoms with Crippen LogP contribution in [0.25, 0.3) is 0 Å². The molecule has 0 radical (unpaired) electrons. The molecule has 1 saturated carbocycles. The third-order valence-corrected chi connectivity index (χ3v) is 5.71. The molecule has 3 rings (SSSR count). The standard InChI is InChI=1S/C16H26N2O3/c19-11-12-4-6-16(7-5-12)8-9-18(16)15(21)10-13-2-1-3-14(20)17-13/h12-13,19H,1-11H2,(H,17,20). The van der Waals surface area contributed by atoms with Gasteiger partial charge in [0.15, 0.2) is 0 Å². The van der Waals surface area contributed by atoms with E-state index < -0.39 is 0 Å². The number of piperidine rings is 1. The molecule has 0 bridgehead atoms. The van der Waals surface area contributed by atoms with Gasteiger partial charge in [-0.25, -0.2) is 0 Å². The molecule has 2 heterocycles. The number of rotatable bonds is 3. The van der Waals surface area contributed by atoms with E-state index in [4.69, 9.17) is 0 Å². The minimum absolute atomic E-state index is 0.0326. The predicted octanol–water partition coefficient (Wildman–Crippen LogP) is 1.20. The van der Waals surface area contributed by atoms with Crippen molar-refractivity contribution in [3.8, 4) is 0 Å². The van der Waals surface area contributed by atoms with Crippen LogP contribution in [0, 0.1) is 5.92 Å². The van der Waals surface area contributed by atoms with Crippen LogP contribution in [0.4, 0.5) is 0 Å². The van der Waals surface area contributed by atoms with Crippen LogP contribution in [-0.2, 0) is 9.59 Å². The summed E-state index contributed by atoms with van der Waals surface area (Å²) in [5.41, 5.74) is 0.0709. The Morgan fingerprint density at radius 1 is 1.29 bits per heavy atom. The highest BCUT2D eigenvalue weighted by Gasteiger charge is 2.48. The fourth-order valence-corrected chi connectivity index (χ4v) is 4.20. The first-order valence-electron chi connectivity index (χ1n) is 8.34. The molecule has 2 saturated heterocycles. The number of aliphatic hydroxyl groups excluding tert-OH is 1. The third kappa shape index (κ3) is 2.93. The molecule has 1 spiro atoms. The van der Waals surface area contributed by atoms with Gasteiger partial charge < -0.3 is 15.3 Å². The van der Waals surface area contributed by atoms with Crippen LogP contribution in [0.1, 0.15) is 57.8 Å². The Bertz CT molecular complexity index is 416. The van der Waals surface area contributed by atoms with Crippen LogP contribution in [0.2, 0.25) is 0 Å². The highest BCUT2D eigenvalue weighted by atomic mass is 16.3. The summed E-state index contributed by atoms with van der Waals surface area (Å²) in [5, 5.41) is 12.2. The molecular formula is C16H26N2O3. The van der Waals surface area contributed by atoms with Crippen LogP contribution >= 0.6 is 0 Å². The summed E-state index contributed by atoms with van der Waals surface area (Å²) >= 11 is 0. The summed E-state index contributed by atoms with van der Waals surface area (Å²) in [7, 11) is 0. The fraction of sp³-hybridized carbons (Fsp3) is 0.875.